The first-order chi connectivity index (χ1) is 19.0. The fraction of sp³-hybridized carbons (Fsp3) is 0.333. The number of carbonyl (C=O) groups excluding carboxylic acids is 2. The number of rotatable bonds is 3. The first kappa shape index (κ1) is 24.0. The molecule has 0 N–H and O–H groups in total. The van der Waals surface area contributed by atoms with Crippen LogP contribution in [0.15, 0.2) is 72.3 Å². The molecule has 0 radical (unpaired) electrons. The highest BCUT2D eigenvalue weighted by atomic mass is 16.7. The highest BCUT2D eigenvalue weighted by molar-refractivity contribution is 6.21. The van der Waals surface area contributed by atoms with Crippen LogP contribution in [0.1, 0.15) is 71.1 Å². The molecule has 3 aromatic rings. The van der Waals surface area contributed by atoms with Crippen LogP contribution in [0.2, 0.25) is 0 Å². The molecule has 0 saturated carbocycles. The molecule has 1 unspecified atom stereocenters. The molecule has 0 bridgehead atoms. The monoisotopic (exact) mass is 521 g/mol. The minimum absolute atomic E-state index is 0.0744. The second kappa shape index (κ2) is 9.30. The Balaban J connectivity index is 1.14. The average Bonchev–Trinajstić information content (AvgIpc) is 3.49. The van der Waals surface area contributed by atoms with Gasteiger partial charge in [-0.3, -0.25) is 4.79 Å². The summed E-state index contributed by atoms with van der Waals surface area (Å²) in [5, 5.41) is 0. The van der Waals surface area contributed by atoms with Gasteiger partial charge in [0.25, 0.3) is 5.91 Å². The van der Waals surface area contributed by atoms with Crippen LogP contribution < -0.4 is 9.47 Å². The van der Waals surface area contributed by atoms with Crippen molar-refractivity contribution in [1.29, 1.82) is 0 Å². The lowest BCUT2D eigenvalue weighted by Gasteiger charge is -2.39. The molecule has 1 fully saturated rings. The molecule has 1 amide bonds. The summed E-state index contributed by atoms with van der Waals surface area (Å²) >= 11 is 0. The Kier molecular flexibility index (Phi) is 5.72. The van der Waals surface area contributed by atoms with Crippen LogP contribution in [0.3, 0.4) is 0 Å². The van der Waals surface area contributed by atoms with Gasteiger partial charge in [-0.05, 0) is 60.9 Å². The third-order valence-electron chi connectivity index (χ3n) is 8.87. The molecular weight excluding hydrogens is 490 g/mol. The maximum Gasteiger partial charge on any atom is 0.339 e. The number of piperidine rings is 1. The third kappa shape index (κ3) is 4.01. The molecule has 0 aromatic heterocycles. The van der Waals surface area contributed by atoms with Crippen molar-refractivity contribution in [2.45, 2.75) is 50.5 Å². The number of nitrogens with zero attached hydrogens (tertiary/aromatic N) is 1. The van der Waals surface area contributed by atoms with Gasteiger partial charge in [-0.25, -0.2) is 4.79 Å². The number of hydrogen-bond donors (Lipinski definition) is 0. The molecule has 3 heterocycles. The Hall–Kier alpha value is -4.06. The Morgan fingerprint density at radius 2 is 1.67 bits per heavy atom. The third-order valence-corrected chi connectivity index (χ3v) is 8.87. The van der Waals surface area contributed by atoms with Crippen molar-refractivity contribution in [2.75, 3.05) is 19.9 Å². The van der Waals surface area contributed by atoms with Crippen molar-refractivity contribution in [3.05, 3.63) is 100 Å². The van der Waals surface area contributed by atoms with Crippen molar-refractivity contribution >= 4 is 17.4 Å². The van der Waals surface area contributed by atoms with Crippen LogP contribution in [0.5, 0.6) is 11.5 Å². The summed E-state index contributed by atoms with van der Waals surface area (Å²) in [6.07, 6.45) is 3.98. The first-order valence-corrected chi connectivity index (χ1v) is 13.8. The summed E-state index contributed by atoms with van der Waals surface area (Å²) < 4.78 is 17.0. The van der Waals surface area contributed by atoms with Crippen LogP contribution in [0.4, 0.5) is 0 Å². The van der Waals surface area contributed by atoms with Crippen molar-refractivity contribution in [3.63, 3.8) is 0 Å². The first-order valence-electron chi connectivity index (χ1n) is 13.8. The van der Waals surface area contributed by atoms with E-state index in [4.69, 9.17) is 14.2 Å². The molecule has 1 atom stereocenters. The molecule has 6 nitrogen and oxygen atoms in total. The number of allylic oxidation sites excluding steroid dienone is 1. The summed E-state index contributed by atoms with van der Waals surface area (Å²) in [6.45, 7) is 3.31. The van der Waals surface area contributed by atoms with E-state index in [9.17, 15) is 9.59 Å². The zero-order valence-corrected chi connectivity index (χ0v) is 22.1. The van der Waals surface area contributed by atoms with Gasteiger partial charge in [-0.1, -0.05) is 60.2 Å². The summed E-state index contributed by atoms with van der Waals surface area (Å²) in [7, 11) is 0. The van der Waals surface area contributed by atoms with E-state index in [2.05, 4.69) is 55.5 Å². The van der Waals surface area contributed by atoms with Crippen LogP contribution >= 0.6 is 0 Å². The Morgan fingerprint density at radius 1 is 0.949 bits per heavy atom. The van der Waals surface area contributed by atoms with Crippen molar-refractivity contribution in [1.82, 2.24) is 4.90 Å². The van der Waals surface area contributed by atoms with Gasteiger partial charge in [0.2, 0.25) is 6.79 Å². The fourth-order valence-corrected chi connectivity index (χ4v) is 6.77. The normalized spacial score (nSPS) is 20.9. The van der Waals surface area contributed by atoms with Gasteiger partial charge >= 0.3 is 5.97 Å². The minimum Gasteiger partial charge on any atom is -0.454 e. The molecule has 39 heavy (non-hydrogen) atoms. The van der Waals surface area contributed by atoms with E-state index in [-0.39, 0.29) is 18.7 Å². The van der Waals surface area contributed by atoms with Crippen molar-refractivity contribution in [2.24, 2.45) is 0 Å². The van der Waals surface area contributed by atoms with E-state index in [0.717, 1.165) is 41.5 Å². The lowest BCUT2D eigenvalue weighted by Crippen LogP contribution is -2.45. The van der Waals surface area contributed by atoms with Crippen molar-refractivity contribution < 1.29 is 23.8 Å². The van der Waals surface area contributed by atoms with Gasteiger partial charge in [-0.15, -0.1) is 0 Å². The number of ether oxygens (including phenoxy) is 3. The number of amides is 1. The van der Waals surface area contributed by atoms with Gasteiger partial charge in [0, 0.05) is 37.1 Å². The minimum atomic E-state index is -0.726. The van der Waals surface area contributed by atoms with Crippen LogP contribution in [0.25, 0.3) is 5.57 Å². The number of hydrogen-bond acceptors (Lipinski definition) is 5. The number of likely N-dealkylation sites (tertiary alicyclic amines) is 1. The zero-order chi connectivity index (χ0) is 26.6. The second-order valence-electron chi connectivity index (χ2n) is 11.1. The molecule has 4 aliphatic rings. The molecule has 3 aliphatic heterocycles. The molecule has 3 aromatic carbocycles. The van der Waals surface area contributed by atoms with E-state index in [1.807, 2.05) is 17.0 Å². The topological polar surface area (TPSA) is 65.1 Å². The summed E-state index contributed by atoms with van der Waals surface area (Å²) in [6, 6.07) is 22.6. The maximum absolute atomic E-state index is 14.1. The molecule has 7 rings (SSSR count). The van der Waals surface area contributed by atoms with Gasteiger partial charge in [0.15, 0.2) is 11.5 Å². The molecule has 1 saturated heterocycles. The van der Waals surface area contributed by atoms with E-state index in [1.54, 1.807) is 6.07 Å². The molecule has 1 aliphatic carbocycles. The molecule has 198 valence electrons. The smallest absolute Gasteiger partial charge is 0.339 e. The summed E-state index contributed by atoms with van der Waals surface area (Å²) in [5.41, 5.74) is 6.28. The van der Waals surface area contributed by atoms with E-state index in [0.29, 0.717) is 48.9 Å². The Morgan fingerprint density at radius 3 is 2.46 bits per heavy atom. The quantitative estimate of drug-likeness (QED) is 0.396. The zero-order valence-electron chi connectivity index (χ0n) is 22.1. The highest BCUT2D eigenvalue weighted by Crippen LogP contribution is 2.49. The van der Waals surface area contributed by atoms with Gasteiger partial charge in [0.05, 0.1) is 5.56 Å². The highest BCUT2D eigenvalue weighted by Gasteiger charge is 2.49. The lowest BCUT2D eigenvalue weighted by atomic mass is 9.83. The number of esters is 1. The number of fused-ring (bicyclic) bond motifs is 4. The fourth-order valence-electron chi connectivity index (χ4n) is 6.77. The molecule has 1 spiro atoms. The SMILES string of the molecule is CC1=C(C(=O)N2CCC3(CC2)OC(=O)c2cc4c(cc23)OCO4)c2ccccc2C(Cc2ccccc2)CC1. The lowest BCUT2D eigenvalue weighted by molar-refractivity contribution is -0.129. The maximum atomic E-state index is 14.1. The average molecular weight is 522 g/mol. The second-order valence-corrected chi connectivity index (χ2v) is 11.1. The number of benzene rings is 3. The molecular formula is C33H31NO5. The Labute approximate surface area is 228 Å². The van der Waals surface area contributed by atoms with Crippen LogP contribution in [0, 0.1) is 0 Å². The predicted molar refractivity (Wildman–Crippen MR) is 147 cm³/mol. The number of carbonyl (C=O) groups is 2. The van der Waals surface area contributed by atoms with Crippen molar-refractivity contribution in [3.8, 4) is 11.5 Å². The molecule has 6 heteroatoms. The van der Waals surface area contributed by atoms with Gasteiger partial charge in [0.1, 0.15) is 5.60 Å². The predicted octanol–water partition coefficient (Wildman–Crippen LogP) is 6.00. The van der Waals surface area contributed by atoms with E-state index in [1.165, 1.54) is 11.1 Å². The summed E-state index contributed by atoms with van der Waals surface area (Å²) in [4.78, 5) is 28.9. The van der Waals surface area contributed by atoms with E-state index < -0.39 is 5.60 Å². The summed E-state index contributed by atoms with van der Waals surface area (Å²) in [5.74, 6) is 1.33. The van der Waals surface area contributed by atoms with Crippen LogP contribution in [-0.4, -0.2) is 36.7 Å². The standard InChI is InChI=1S/C33H31NO5/c1-21-11-12-23(17-22-7-3-2-4-8-22)24-9-5-6-10-25(24)30(21)31(35)34-15-13-33(14-16-34)27-19-29-28(37-20-38-29)18-26(27)32(36)39-33/h2-10,18-19,23H,11-17,20H2,1H3. The van der Waals surface area contributed by atoms with E-state index >= 15 is 0 Å². The van der Waals surface area contributed by atoms with Crippen LogP contribution in [-0.2, 0) is 21.6 Å². The van der Waals surface area contributed by atoms with Gasteiger partial charge in [-0.2, -0.15) is 0 Å². The van der Waals surface area contributed by atoms with Gasteiger partial charge < -0.3 is 19.1 Å². The Bertz CT molecular complexity index is 1500. The largest absolute Gasteiger partial charge is 0.454 e.